The molecule has 19 heavy (non-hydrogen) atoms. The molecule has 0 saturated carbocycles. The molecule has 3 heteroatoms. The second-order valence-corrected chi connectivity index (χ2v) is 4.78. The summed E-state index contributed by atoms with van der Waals surface area (Å²) in [5.41, 5.74) is 1.22. The van der Waals surface area contributed by atoms with Crippen molar-refractivity contribution in [2.45, 2.75) is 40.0 Å². The summed E-state index contributed by atoms with van der Waals surface area (Å²) in [6.07, 6.45) is 3.16. The lowest BCUT2D eigenvalue weighted by Crippen LogP contribution is -2.32. The third-order valence-electron chi connectivity index (χ3n) is 3.42. The second-order valence-electron chi connectivity index (χ2n) is 4.78. The predicted molar refractivity (Wildman–Crippen MR) is 78.4 cm³/mol. The van der Waals surface area contributed by atoms with Crippen molar-refractivity contribution < 1.29 is 9.53 Å². The maximum Gasteiger partial charge on any atom is 0.257 e. The third-order valence-corrected chi connectivity index (χ3v) is 3.42. The molecule has 0 spiro atoms. The number of aryl methyl sites for hydroxylation is 1. The normalized spacial score (nSPS) is 10.5. The Balaban J connectivity index is 2.33. The molecule has 0 aliphatic heterocycles. The van der Waals surface area contributed by atoms with Gasteiger partial charge in [-0.1, -0.05) is 45.7 Å². The highest BCUT2D eigenvalue weighted by Crippen LogP contribution is 2.13. The number of hydrogen-bond donors (Lipinski definition) is 1. The van der Waals surface area contributed by atoms with Gasteiger partial charge in [0.2, 0.25) is 0 Å². The van der Waals surface area contributed by atoms with Gasteiger partial charge >= 0.3 is 0 Å². The molecule has 0 atom stereocenters. The number of ether oxygens (including phenoxy) is 1. The minimum atomic E-state index is -0.0474. The van der Waals surface area contributed by atoms with Gasteiger partial charge in [-0.2, -0.15) is 0 Å². The van der Waals surface area contributed by atoms with Crippen molar-refractivity contribution in [1.29, 1.82) is 0 Å². The van der Waals surface area contributed by atoms with Crippen LogP contribution in [0.25, 0.3) is 0 Å². The molecule has 0 fully saturated rings. The zero-order valence-corrected chi connectivity index (χ0v) is 12.2. The van der Waals surface area contributed by atoms with E-state index in [1.54, 1.807) is 0 Å². The molecule has 0 aromatic heterocycles. The molecule has 1 rings (SSSR count). The molecular weight excluding hydrogens is 238 g/mol. The van der Waals surface area contributed by atoms with Gasteiger partial charge in [0.25, 0.3) is 5.91 Å². The van der Waals surface area contributed by atoms with Crippen molar-refractivity contribution in [3.63, 3.8) is 0 Å². The minimum Gasteiger partial charge on any atom is -0.484 e. The molecule has 1 aromatic rings. The van der Waals surface area contributed by atoms with E-state index in [0.29, 0.717) is 5.92 Å². The molecule has 0 bridgehead atoms. The van der Waals surface area contributed by atoms with Crippen LogP contribution in [-0.4, -0.2) is 19.1 Å². The smallest absolute Gasteiger partial charge is 0.257 e. The Kier molecular flexibility index (Phi) is 7.01. The summed E-state index contributed by atoms with van der Waals surface area (Å²) in [4.78, 5) is 11.7. The minimum absolute atomic E-state index is 0.0474. The first-order valence-electron chi connectivity index (χ1n) is 7.18. The van der Waals surface area contributed by atoms with E-state index in [2.05, 4.69) is 32.2 Å². The van der Waals surface area contributed by atoms with Gasteiger partial charge in [-0.25, -0.2) is 0 Å². The van der Waals surface area contributed by atoms with Crippen LogP contribution >= 0.6 is 0 Å². The molecule has 106 valence electrons. The van der Waals surface area contributed by atoms with Gasteiger partial charge in [0.15, 0.2) is 6.61 Å². The molecule has 1 amide bonds. The summed E-state index contributed by atoms with van der Waals surface area (Å²) in [5, 5.41) is 2.92. The largest absolute Gasteiger partial charge is 0.484 e. The quantitative estimate of drug-likeness (QED) is 0.782. The second kappa shape index (κ2) is 8.57. The van der Waals surface area contributed by atoms with Crippen LogP contribution in [0.2, 0.25) is 0 Å². The fourth-order valence-electron chi connectivity index (χ4n) is 1.89. The Morgan fingerprint density at radius 1 is 1.26 bits per heavy atom. The van der Waals surface area contributed by atoms with Crippen LogP contribution in [-0.2, 0) is 11.2 Å². The highest BCUT2D eigenvalue weighted by Gasteiger charge is 2.07. The monoisotopic (exact) mass is 263 g/mol. The number of nitrogens with one attached hydrogen (secondary N) is 1. The van der Waals surface area contributed by atoms with Crippen molar-refractivity contribution in [2.75, 3.05) is 13.2 Å². The first-order chi connectivity index (χ1) is 9.19. The Bertz CT molecular complexity index is 386. The molecular formula is C16H25NO2. The van der Waals surface area contributed by atoms with Crippen LogP contribution in [0, 0.1) is 5.92 Å². The SMILES string of the molecule is CCc1cccc(OCC(=O)NCC(CC)CC)c1. The zero-order valence-electron chi connectivity index (χ0n) is 12.2. The fourth-order valence-corrected chi connectivity index (χ4v) is 1.89. The topological polar surface area (TPSA) is 38.3 Å². The van der Waals surface area contributed by atoms with E-state index in [0.717, 1.165) is 31.6 Å². The summed E-state index contributed by atoms with van der Waals surface area (Å²) in [6.45, 7) is 7.22. The van der Waals surface area contributed by atoms with Crippen LogP contribution in [0.15, 0.2) is 24.3 Å². The van der Waals surface area contributed by atoms with Crippen molar-refractivity contribution in [3.05, 3.63) is 29.8 Å². The first-order valence-corrected chi connectivity index (χ1v) is 7.18. The lowest BCUT2D eigenvalue weighted by molar-refractivity contribution is -0.123. The van der Waals surface area contributed by atoms with Gasteiger partial charge in [0, 0.05) is 6.54 Å². The van der Waals surface area contributed by atoms with Crippen molar-refractivity contribution >= 4 is 5.91 Å². The number of amides is 1. The molecule has 0 aliphatic carbocycles. The average Bonchev–Trinajstić information content (AvgIpc) is 2.46. The summed E-state index contributed by atoms with van der Waals surface area (Å²) in [7, 11) is 0. The molecule has 1 aromatic carbocycles. The van der Waals surface area contributed by atoms with Gasteiger partial charge in [-0.05, 0) is 30.0 Å². The lowest BCUT2D eigenvalue weighted by Gasteiger charge is -2.13. The van der Waals surface area contributed by atoms with Crippen molar-refractivity contribution in [3.8, 4) is 5.75 Å². The fraction of sp³-hybridized carbons (Fsp3) is 0.562. The Labute approximate surface area is 116 Å². The van der Waals surface area contributed by atoms with E-state index in [4.69, 9.17) is 4.74 Å². The van der Waals surface area contributed by atoms with E-state index in [9.17, 15) is 4.79 Å². The van der Waals surface area contributed by atoms with E-state index in [-0.39, 0.29) is 12.5 Å². The number of hydrogen-bond acceptors (Lipinski definition) is 2. The number of rotatable bonds is 8. The molecule has 0 saturated heterocycles. The van der Waals surface area contributed by atoms with Crippen LogP contribution in [0.5, 0.6) is 5.75 Å². The Hall–Kier alpha value is -1.51. The molecule has 3 nitrogen and oxygen atoms in total. The summed E-state index contributed by atoms with van der Waals surface area (Å²) < 4.78 is 5.50. The van der Waals surface area contributed by atoms with Crippen molar-refractivity contribution in [1.82, 2.24) is 5.32 Å². The summed E-state index contributed by atoms with van der Waals surface area (Å²) in [6, 6.07) is 7.87. The van der Waals surface area contributed by atoms with Crippen LogP contribution in [0.4, 0.5) is 0 Å². The average molecular weight is 263 g/mol. The third kappa shape index (κ3) is 5.77. The van der Waals surface area contributed by atoms with Crippen molar-refractivity contribution in [2.24, 2.45) is 5.92 Å². The van der Waals surface area contributed by atoms with E-state index >= 15 is 0 Å². The highest BCUT2D eigenvalue weighted by atomic mass is 16.5. The molecule has 1 N–H and O–H groups in total. The van der Waals surface area contributed by atoms with Gasteiger partial charge < -0.3 is 10.1 Å². The lowest BCUT2D eigenvalue weighted by atomic mass is 10.0. The van der Waals surface area contributed by atoms with Gasteiger partial charge in [-0.15, -0.1) is 0 Å². The van der Waals surface area contributed by atoms with Crippen LogP contribution in [0.1, 0.15) is 39.2 Å². The van der Waals surface area contributed by atoms with E-state index < -0.39 is 0 Å². The van der Waals surface area contributed by atoms with Gasteiger partial charge in [0.05, 0.1) is 0 Å². The standard InChI is InChI=1S/C16H25NO2/c1-4-13(5-2)11-17-16(18)12-19-15-9-7-8-14(6-3)10-15/h7-10,13H,4-6,11-12H2,1-3H3,(H,17,18). The first kappa shape index (κ1) is 15.5. The number of carbonyl (C=O) groups excluding carboxylic acids is 1. The number of benzene rings is 1. The molecule has 0 radical (unpaired) electrons. The molecule has 0 heterocycles. The Morgan fingerprint density at radius 3 is 2.63 bits per heavy atom. The van der Waals surface area contributed by atoms with Gasteiger partial charge in [0.1, 0.15) is 5.75 Å². The van der Waals surface area contributed by atoms with Gasteiger partial charge in [-0.3, -0.25) is 4.79 Å². The van der Waals surface area contributed by atoms with E-state index in [1.807, 2.05) is 18.2 Å². The summed E-state index contributed by atoms with van der Waals surface area (Å²) in [5.74, 6) is 1.28. The van der Waals surface area contributed by atoms with Crippen LogP contribution in [0.3, 0.4) is 0 Å². The number of carbonyl (C=O) groups is 1. The summed E-state index contributed by atoms with van der Waals surface area (Å²) >= 11 is 0. The van der Waals surface area contributed by atoms with Crippen LogP contribution < -0.4 is 10.1 Å². The highest BCUT2D eigenvalue weighted by molar-refractivity contribution is 5.77. The zero-order chi connectivity index (χ0) is 14.1. The Morgan fingerprint density at radius 2 is 2.00 bits per heavy atom. The van der Waals surface area contributed by atoms with E-state index in [1.165, 1.54) is 5.56 Å². The maximum absolute atomic E-state index is 11.7. The molecule has 0 unspecified atom stereocenters. The molecule has 0 aliphatic rings. The predicted octanol–water partition coefficient (Wildman–Crippen LogP) is 3.18. The maximum atomic E-state index is 11.7.